The highest BCUT2D eigenvalue weighted by Gasteiger charge is 2.18. The Kier molecular flexibility index (Phi) is 4.39. The number of hydrogen-bond acceptors (Lipinski definition) is 4. The molecule has 8 nitrogen and oxygen atoms in total. The largest absolute Gasteiger partial charge is 0.340 e. The van der Waals surface area contributed by atoms with Crippen molar-refractivity contribution >= 4 is 16.6 Å². The summed E-state index contributed by atoms with van der Waals surface area (Å²) in [6.07, 6.45) is 11.3. The zero-order valence-electron chi connectivity index (χ0n) is 17.6. The predicted molar refractivity (Wildman–Crippen MR) is 121 cm³/mol. The zero-order chi connectivity index (χ0) is 21.5. The summed E-state index contributed by atoms with van der Waals surface area (Å²) in [6.45, 7) is 7.81. The fourth-order valence-electron chi connectivity index (χ4n) is 3.72. The molecule has 4 heterocycles. The van der Waals surface area contributed by atoms with Crippen LogP contribution in [0.3, 0.4) is 0 Å². The number of H-pyrrole nitrogens is 2. The Balaban J connectivity index is 1.61. The Morgan fingerprint density at radius 3 is 2.74 bits per heavy atom. The van der Waals surface area contributed by atoms with Gasteiger partial charge in [0, 0.05) is 36.1 Å². The number of fused-ring (bicyclic) bond motifs is 1. The van der Waals surface area contributed by atoms with E-state index in [9.17, 15) is 0 Å². The average molecular weight is 410 g/mol. The van der Waals surface area contributed by atoms with Crippen molar-refractivity contribution in [3.05, 3.63) is 78.9 Å². The molecule has 8 heteroatoms. The van der Waals surface area contributed by atoms with Crippen LogP contribution in [0.5, 0.6) is 0 Å². The van der Waals surface area contributed by atoms with Crippen LogP contribution < -0.4 is 0 Å². The minimum Gasteiger partial charge on any atom is -0.340 e. The lowest BCUT2D eigenvalue weighted by Gasteiger charge is -2.05. The summed E-state index contributed by atoms with van der Waals surface area (Å²) in [7, 11) is 1.91. The lowest BCUT2D eigenvalue weighted by atomic mass is 10.1. The third-order valence-electron chi connectivity index (χ3n) is 5.22. The lowest BCUT2D eigenvalue weighted by Crippen LogP contribution is -1.98. The van der Waals surface area contributed by atoms with Gasteiger partial charge in [-0.2, -0.15) is 10.2 Å². The SMILES string of the molecule is C=C/C=C(\c1nc(-c2n[nH]c3ccc(-c4cnn(C)c4)cc23)[nH]c1C)n1cnc(C)c1. The van der Waals surface area contributed by atoms with Gasteiger partial charge >= 0.3 is 0 Å². The molecule has 0 bridgehead atoms. The number of nitrogens with one attached hydrogen (secondary N) is 2. The molecular formula is C23H22N8. The van der Waals surface area contributed by atoms with E-state index in [-0.39, 0.29) is 0 Å². The van der Waals surface area contributed by atoms with Gasteiger partial charge in [-0.15, -0.1) is 0 Å². The molecular weight excluding hydrogens is 388 g/mol. The van der Waals surface area contributed by atoms with Gasteiger partial charge in [0.15, 0.2) is 5.82 Å². The van der Waals surface area contributed by atoms with Crippen molar-refractivity contribution in [3.63, 3.8) is 0 Å². The Bertz CT molecular complexity index is 1440. The normalized spacial score (nSPS) is 12.0. The molecule has 0 aliphatic carbocycles. The maximum atomic E-state index is 4.89. The molecule has 0 atom stereocenters. The van der Waals surface area contributed by atoms with Crippen LogP contribution in [0.2, 0.25) is 0 Å². The van der Waals surface area contributed by atoms with Crippen molar-refractivity contribution in [1.29, 1.82) is 0 Å². The molecule has 5 aromatic rings. The first-order valence-corrected chi connectivity index (χ1v) is 9.91. The van der Waals surface area contributed by atoms with Crippen LogP contribution in [0.25, 0.3) is 39.2 Å². The number of aryl methyl sites for hydroxylation is 3. The predicted octanol–water partition coefficient (Wildman–Crippen LogP) is 4.24. The highest BCUT2D eigenvalue weighted by atomic mass is 15.2. The van der Waals surface area contributed by atoms with E-state index in [1.54, 1.807) is 17.1 Å². The van der Waals surface area contributed by atoms with E-state index in [2.05, 4.69) is 44.0 Å². The maximum absolute atomic E-state index is 4.89. The monoisotopic (exact) mass is 410 g/mol. The van der Waals surface area contributed by atoms with E-state index in [1.165, 1.54) is 0 Å². The van der Waals surface area contributed by atoms with Crippen LogP contribution in [0.1, 0.15) is 17.1 Å². The van der Waals surface area contributed by atoms with Gasteiger partial charge in [-0.25, -0.2) is 9.97 Å². The molecule has 0 spiro atoms. The summed E-state index contributed by atoms with van der Waals surface area (Å²) >= 11 is 0. The lowest BCUT2D eigenvalue weighted by molar-refractivity contribution is 0.768. The molecule has 5 rings (SSSR count). The molecule has 31 heavy (non-hydrogen) atoms. The van der Waals surface area contributed by atoms with Crippen molar-refractivity contribution in [2.24, 2.45) is 7.05 Å². The van der Waals surface area contributed by atoms with Gasteiger partial charge in [-0.1, -0.05) is 18.7 Å². The van der Waals surface area contributed by atoms with Crippen LogP contribution in [0.15, 0.2) is 61.8 Å². The van der Waals surface area contributed by atoms with Gasteiger partial charge in [0.25, 0.3) is 0 Å². The molecule has 0 radical (unpaired) electrons. The second kappa shape index (κ2) is 7.24. The fraction of sp³-hybridized carbons (Fsp3) is 0.130. The molecule has 0 aliphatic rings. The second-order valence-corrected chi connectivity index (χ2v) is 7.50. The topological polar surface area (TPSA) is 93.0 Å². The second-order valence-electron chi connectivity index (χ2n) is 7.50. The summed E-state index contributed by atoms with van der Waals surface area (Å²) < 4.78 is 3.75. The smallest absolute Gasteiger partial charge is 0.159 e. The molecule has 0 saturated heterocycles. The van der Waals surface area contributed by atoms with Crippen molar-refractivity contribution in [2.75, 3.05) is 0 Å². The van der Waals surface area contributed by atoms with E-state index < -0.39 is 0 Å². The first-order chi connectivity index (χ1) is 15.0. The number of rotatable bonds is 5. The molecule has 0 aliphatic heterocycles. The Labute approximate surface area is 179 Å². The van der Waals surface area contributed by atoms with Crippen LogP contribution >= 0.6 is 0 Å². The van der Waals surface area contributed by atoms with Crippen LogP contribution in [0, 0.1) is 13.8 Å². The molecule has 154 valence electrons. The number of nitrogens with zero attached hydrogens (tertiary/aromatic N) is 6. The van der Waals surface area contributed by atoms with Crippen molar-refractivity contribution in [2.45, 2.75) is 13.8 Å². The summed E-state index contributed by atoms with van der Waals surface area (Å²) in [5.74, 6) is 0.703. The highest BCUT2D eigenvalue weighted by molar-refractivity contribution is 5.94. The van der Waals surface area contributed by atoms with E-state index in [4.69, 9.17) is 4.98 Å². The Hall–Kier alpha value is -4.20. The Morgan fingerprint density at radius 2 is 2.03 bits per heavy atom. The molecule has 0 unspecified atom stereocenters. The number of hydrogen-bond donors (Lipinski definition) is 2. The third-order valence-corrected chi connectivity index (χ3v) is 5.22. The fourth-order valence-corrected chi connectivity index (χ4v) is 3.72. The highest BCUT2D eigenvalue weighted by Crippen LogP contribution is 2.31. The van der Waals surface area contributed by atoms with Crippen molar-refractivity contribution in [3.8, 4) is 22.6 Å². The number of allylic oxidation sites excluding steroid dienone is 2. The molecule has 4 aromatic heterocycles. The summed E-state index contributed by atoms with van der Waals surface area (Å²) in [5.41, 5.74) is 7.45. The van der Waals surface area contributed by atoms with Crippen LogP contribution in [-0.4, -0.2) is 39.5 Å². The minimum atomic E-state index is 0.703. The third kappa shape index (κ3) is 3.28. The number of aromatic nitrogens is 8. The first-order valence-electron chi connectivity index (χ1n) is 9.91. The number of aromatic amines is 2. The summed E-state index contributed by atoms with van der Waals surface area (Å²) in [6, 6.07) is 6.21. The van der Waals surface area contributed by atoms with Crippen molar-refractivity contribution < 1.29 is 0 Å². The molecule has 1 aromatic carbocycles. The maximum Gasteiger partial charge on any atom is 0.159 e. The van der Waals surface area contributed by atoms with E-state index in [0.29, 0.717) is 5.82 Å². The minimum absolute atomic E-state index is 0.703. The van der Waals surface area contributed by atoms with Crippen LogP contribution in [0.4, 0.5) is 0 Å². The van der Waals surface area contributed by atoms with Crippen molar-refractivity contribution in [1.82, 2.24) is 39.5 Å². The molecule has 0 saturated carbocycles. The molecule has 0 amide bonds. The number of imidazole rings is 2. The van der Waals surface area contributed by atoms with Gasteiger partial charge in [-0.05, 0) is 37.6 Å². The van der Waals surface area contributed by atoms with Gasteiger partial charge in [0.1, 0.15) is 11.4 Å². The average Bonchev–Trinajstić information content (AvgIpc) is 3.53. The quantitative estimate of drug-likeness (QED) is 0.424. The van der Waals surface area contributed by atoms with Gasteiger partial charge < -0.3 is 9.55 Å². The standard InChI is InChI=1S/C23H22N8/c1-5-6-20(31-11-14(2)24-13-31)21-15(3)26-23(27-21)22-18-9-16(7-8-19(18)28-29-22)17-10-25-30(4)12-17/h5-13H,1H2,2-4H3,(H,26,27)(H,28,29)/b20-6+. The summed E-state index contributed by atoms with van der Waals surface area (Å²) in [5, 5.41) is 12.9. The van der Waals surface area contributed by atoms with E-state index in [0.717, 1.165) is 50.5 Å². The van der Waals surface area contributed by atoms with Gasteiger partial charge in [0.2, 0.25) is 0 Å². The summed E-state index contributed by atoms with van der Waals surface area (Å²) in [4.78, 5) is 12.6. The zero-order valence-corrected chi connectivity index (χ0v) is 17.6. The first kappa shape index (κ1) is 18.8. The molecule has 2 N–H and O–H groups in total. The van der Waals surface area contributed by atoms with E-state index in [1.807, 2.05) is 56.2 Å². The van der Waals surface area contributed by atoms with E-state index >= 15 is 0 Å². The number of benzene rings is 1. The molecule has 0 fully saturated rings. The Morgan fingerprint density at radius 1 is 1.16 bits per heavy atom. The van der Waals surface area contributed by atoms with Gasteiger partial charge in [-0.3, -0.25) is 9.78 Å². The van der Waals surface area contributed by atoms with Gasteiger partial charge in [0.05, 0.1) is 29.4 Å². The van der Waals surface area contributed by atoms with Crippen LogP contribution in [-0.2, 0) is 7.05 Å².